The lowest BCUT2D eigenvalue weighted by molar-refractivity contribution is -0.139. The molecular weight excluding hydrogens is 474 g/mol. The van der Waals surface area contributed by atoms with Gasteiger partial charge in [-0.15, -0.1) is 11.3 Å². The number of benzene rings is 2. The molecule has 1 radical (unpaired) electrons. The van der Waals surface area contributed by atoms with Gasteiger partial charge < -0.3 is 9.33 Å². The Kier molecular flexibility index (Phi) is 6.61. The maximum Gasteiger partial charge on any atom is 0.285 e. The number of anilines is 1. The van der Waals surface area contributed by atoms with Crippen molar-refractivity contribution in [2.75, 3.05) is 11.4 Å². The van der Waals surface area contributed by atoms with Crippen molar-refractivity contribution in [1.82, 2.24) is 9.88 Å². The minimum atomic E-state index is -1.48. The largest absolute Gasteiger partial charge is 0.387 e. The lowest BCUT2D eigenvalue weighted by atomic mass is 9.74. The van der Waals surface area contributed by atoms with E-state index in [1.165, 1.54) is 15.3 Å². The Morgan fingerprint density at radius 3 is 2.09 bits per heavy atom. The fourth-order valence-corrected chi connectivity index (χ4v) is 7.57. The Morgan fingerprint density at radius 1 is 0.971 bits per heavy atom. The van der Waals surface area contributed by atoms with Crippen molar-refractivity contribution in [3.63, 3.8) is 0 Å². The van der Waals surface area contributed by atoms with Crippen molar-refractivity contribution in [3.8, 4) is 0 Å². The number of aromatic nitrogens is 1. The topological polar surface area (TPSA) is 62.7 Å². The number of thiazole rings is 1. The summed E-state index contributed by atoms with van der Waals surface area (Å²) in [7, 11) is -1.48. The van der Waals surface area contributed by atoms with Crippen molar-refractivity contribution >= 4 is 47.7 Å². The second-order valence-electron chi connectivity index (χ2n) is 10.2. The van der Waals surface area contributed by atoms with Crippen molar-refractivity contribution in [3.05, 3.63) is 71.7 Å². The first-order chi connectivity index (χ1) is 16.8. The van der Waals surface area contributed by atoms with Crippen LogP contribution in [0.4, 0.5) is 5.13 Å². The molecule has 6 nitrogen and oxygen atoms in total. The van der Waals surface area contributed by atoms with E-state index in [0.717, 1.165) is 17.4 Å². The number of carbonyl (C=O) groups excluding carboxylic acids is 2. The van der Waals surface area contributed by atoms with Crippen LogP contribution < -0.4 is 15.3 Å². The molecule has 0 saturated carbocycles. The normalized spacial score (nSPS) is 20.6. The minimum absolute atomic E-state index is 0.0794. The predicted molar refractivity (Wildman–Crippen MR) is 140 cm³/mol. The van der Waals surface area contributed by atoms with Gasteiger partial charge in [0.05, 0.1) is 12.2 Å². The highest BCUT2D eigenvalue weighted by Gasteiger charge is 2.48. The van der Waals surface area contributed by atoms with Crippen LogP contribution >= 0.6 is 11.3 Å². The van der Waals surface area contributed by atoms with Gasteiger partial charge in [0.2, 0.25) is 11.8 Å². The molecule has 5 rings (SSSR count). The van der Waals surface area contributed by atoms with Crippen LogP contribution in [0.25, 0.3) is 0 Å². The fraction of sp³-hybridized carbons (Fsp3) is 0.370. The van der Waals surface area contributed by atoms with Crippen LogP contribution in [0.2, 0.25) is 0 Å². The van der Waals surface area contributed by atoms with E-state index in [1.54, 1.807) is 11.3 Å². The number of hydrogen-bond donors (Lipinski definition) is 0. The predicted octanol–water partition coefficient (Wildman–Crippen LogP) is 3.42. The van der Waals surface area contributed by atoms with E-state index >= 15 is 0 Å². The molecular formula is C27H30N3O3SSi. The van der Waals surface area contributed by atoms with E-state index in [0.29, 0.717) is 18.8 Å². The van der Waals surface area contributed by atoms with Crippen LogP contribution in [0, 0.1) is 11.3 Å². The molecule has 3 aromatic rings. The molecule has 8 heteroatoms. The molecule has 1 aromatic heterocycles. The number of hydrogen-bond acceptors (Lipinski definition) is 6. The molecule has 2 aliphatic heterocycles. The number of amides is 2. The zero-order valence-electron chi connectivity index (χ0n) is 20.3. The molecule has 2 amide bonds. The zero-order chi connectivity index (χ0) is 24.6. The van der Waals surface area contributed by atoms with Crippen LogP contribution in [0.1, 0.15) is 39.3 Å². The van der Waals surface area contributed by atoms with Crippen molar-refractivity contribution < 1.29 is 14.0 Å². The first-order valence-electron chi connectivity index (χ1n) is 12.0. The number of nitrogens with zero attached hydrogens (tertiary/aromatic N) is 3. The lowest BCUT2D eigenvalue weighted by Gasteiger charge is -2.53. The Morgan fingerprint density at radius 2 is 1.54 bits per heavy atom. The van der Waals surface area contributed by atoms with Gasteiger partial charge in [-0.1, -0.05) is 81.4 Å². The Balaban J connectivity index is 1.41. The van der Waals surface area contributed by atoms with Gasteiger partial charge in [-0.25, -0.2) is 4.98 Å². The lowest BCUT2D eigenvalue weighted by Crippen LogP contribution is -2.65. The van der Waals surface area contributed by atoms with Crippen LogP contribution in [-0.4, -0.2) is 43.5 Å². The monoisotopic (exact) mass is 504 g/mol. The van der Waals surface area contributed by atoms with Gasteiger partial charge in [-0.2, -0.15) is 0 Å². The van der Waals surface area contributed by atoms with Crippen molar-refractivity contribution in [2.45, 2.75) is 46.4 Å². The highest BCUT2D eigenvalue weighted by Crippen LogP contribution is 2.43. The van der Waals surface area contributed by atoms with Gasteiger partial charge >= 0.3 is 0 Å². The Hall–Kier alpha value is -2.81. The summed E-state index contributed by atoms with van der Waals surface area (Å²) >= 11 is 1.55. The van der Waals surface area contributed by atoms with Crippen LogP contribution in [0.15, 0.2) is 66.0 Å². The summed E-state index contributed by atoms with van der Waals surface area (Å²) in [6.07, 6.45) is 0.502. The summed E-state index contributed by atoms with van der Waals surface area (Å²) in [4.78, 5) is 32.5. The van der Waals surface area contributed by atoms with Crippen LogP contribution in [-0.2, 0) is 20.6 Å². The maximum absolute atomic E-state index is 12.0. The average molecular weight is 505 g/mol. The highest BCUT2D eigenvalue weighted by atomic mass is 32.1. The average Bonchev–Trinajstić information content (AvgIpc) is 3.41. The summed E-state index contributed by atoms with van der Waals surface area (Å²) in [5.74, 6) is 0.130. The molecule has 0 bridgehead atoms. The summed E-state index contributed by atoms with van der Waals surface area (Å²) < 4.78 is 7.02. The van der Waals surface area contributed by atoms with E-state index < -0.39 is 9.04 Å². The molecule has 2 aliphatic rings. The quantitative estimate of drug-likeness (QED) is 0.365. The molecule has 3 heterocycles. The van der Waals surface area contributed by atoms with Crippen LogP contribution in [0.5, 0.6) is 0 Å². The summed E-state index contributed by atoms with van der Waals surface area (Å²) in [5, 5.41) is 5.27. The molecule has 0 N–H and O–H groups in total. The van der Waals surface area contributed by atoms with Gasteiger partial charge in [0.15, 0.2) is 5.13 Å². The third-order valence-corrected chi connectivity index (χ3v) is 9.85. The summed E-state index contributed by atoms with van der Waals surface area (Å²) in [5.41, 5.74) is 0.832. The standard InChI is InChI=1S/C27H30N3O3SSi/c1-27(2,3)22-17-30(26-28-19(18-34-26)16-29-23(31)14-15-24(29)32)25(22)33-35(20-10-6-4-7-11-20)21-12-8-5-9-13-21/h4-13,18,22,25H,14-17H2,1-3H3. The SMILES string of the molecule is CC(C)(C)C1CN(c2nc(CN3C(=O)CCC3=O)cs2)C1O[Si](c1ccccc1)c1ccccc1. The first kappa shape index (κ1) is 23.9. The number of rotatable bonds is 7. The third kappa shape index (κ3) is 4.96. The summed E-state index contributed by atoms with van der Waals surface area (Å²) in [6.45, 7) is 7.91. The van der Waals surface area contributed by atoms with Gasteiger partial charge in [0, 0.05) is 30.7 Å². The molecule has 35 heavy (non-hydrogen) atoms. The van der Waals surface area contributed by atoms with Crippen LogP contribution in [0.3, 0.4) is 0 Å². The molecule has 2 aromatic carbocycles. The van der Waals surface area contributed by atoms with Gasteiger partial charge in [0.1, 0.15) is 6.23 Å². The smallest absolute Gasteiger partial charge is 0.285 e. The third-order valence-electron chi connectivity index (χ3n) is 6.73. The molecule has 2 atom stereocenters. The number of carbonyl (C=O) groups is 2. The molecule has 2 fully saturated rings. The van der Waals surface area contributed by atoms with Gasteiger partial charge in [-0.3, -0.25) is 14.5 Å². The Bertz CT molecular complexity index is 1140. The van der Waals surface area contributed by atoms with Crippen molar-refractivity contribution in [2.24, 2.45) is 11.3 Å². The first-order valence-corrected chi connectivity index (χ1v) is 14.3. The molecule has 0 spiro atoms. The molecule has 181 valence electrons. The second-order valence-corrected chi connectivity index (χ2v) is 13.1. The second kappa shape index (κ2) is 9.68. The molecule has 2 saturated heterocycles. The minimum Gasteiger partial charge on any atom is -0.387 e. The number of imide groups is 1. The van der Waals surface area contributed by atoms with E-state index in [1.807, 2.05) is 17.5 Å². The maximum atomic E-state index is 12.0. The van der Waals surface area contributed by atoms with E-state index in [4.69, 9.17) is 9.41 Å². The van der Waals surface area contributed by atoms with Gasteiger partial charge in [-0.05, 0) is 15.8 Å². The van der Waals surface area contributed by atoms with Crippen molar-refractivity contribution in [1.29, 1.82) is 0 Å². The number of likely N-dealkylation sites (tertiary alicyclic amines) is 1. The summed E-state index contributed by atoms with van der Waals surface area (Å²) in [6, 6.07) is 21.0. The molecule has 2 unspecified atom stereocenters. The highest BCUT2D eigenvalue weighted by molar-refractivity contribution is 7.13. The van der Waals surface area contributed by atoms with E-state index in [-0.39, 0.29) is 30.0 Å². The molecule has 0 aliphatic carbocycles. The fourth-order valence-electron chi connectivity index (χ4n) is 4.58. The van der Waals surface area contributed by atoms with E-state index in [2.05, 4.69) is 74.2 Å². The van der Waals surface area contributed by atoms with E-state index in [9.17, 15) is 9.59 Å². The zero-order valence-corrected chi connectivity index (χ0v) is 22.1. The van der Waals surface area contributed by atoms with Gasteiger partial charge in [0.25, 0.3) is 9.04 Å². The Labute approximate surface area is 212 Å².